The lowest BCUT2D eigenvalue weighted by Gasteiger charge is -2.27. The minimum absolute atomic E-state index is 0.0447. The third kappa shape index (κ3) is 4.29. The molecule has 0 spiro atoms. The van der Waals surface area contributed by atoms with Crippen molar-refractivity contribution in [1.82, 2.24) is 4.90 Å². The van der Waals surface area contributed by atoms with Crippen molar-refractivity contribution in [2.45, 2.75) is 19.8 Å². The second kappa shape index (κ2) is 5.70. The van der Waals surface area contributed by atoms with E-state index in [1.165, 1.54) is 6.92 Å². The summed E-state index contributed by atoms with van der Waals surface area (Å²) in [6.07, 6.45) is 1.63. The molecule has 0 aliphatic carbocycles. The smallest absolute Gasteiger partial charge is 0.311 e. The summed E-state index contributed by atoms with van der Waals surface area (Å²) in [7, 11) is 2.03. The third-order valence-electron chi connectivity index (χ3n) is 2.52. The van der Waals surface area contributed by atoms with Crippen LogP contribution in [0, 0.1) is 5.92 Å². The summed E-state index contributed by atoms with van der Waals surface area (Å²) < 4.78 is 9.36. The summed E-state index contributed by atoms with van der Waals surface area (Å²) in [4.78, 5) is 24.1. The highest BCUT2D eigenvalue weighted by molar-refractivity contribution is 5.72. The Kier molecular flexibility index (Phi) is 4.55. The van der Waals surface area contributed by atoms with Gasteiger partial charge in [-0.15, -0.1) is 0 Å². The second-order valence-electron chi connectivity index (χ2n) is 3.79. The van der Waals surface area contributed by atoms with Crippen molar-refractivity contribution in [2.75, 3.05) is 26.9 Å². The maximum Gasteiger partial charge on any atom is 0.311 e. The lowest BCUT2D eigenvalue weighted by molar-refractivity contribution is -0.169. The summed E-state index contributed by atoms with van der Waals surface area (Å²) in [5.41, 5.74) is 0. The number of piperidine rings is 1. The van der Waals surface area contributed by atoms with Gasteiger partial charge in [-0.1, -0.05) is 0 Å². The highest BCUT2D eigenvalue weighted by Gasteiger charge is 2.24. The average molecular weight is 215 g/mol. The minimum Gasteiger partial charge on any atom is -0.428 e. The van der Waals surface area contributed by atoms with Crippen LogP contribution < -0.4 is 0 Å². The van der Waals surface area contributed by atoms with Gasteiger partial charge in [-0.2, -0.15) is 0 Å². The molecule has 0 amide bonds. The maximum atomic E-state index is 11.5. The SMILES string of the molecule is CC(=O)OCOC(=O)C1CCN(C)CC1. The van der Waals surface area contributed by atoms with E-state index in [2.05, 4.69) is 9.64 Å². The molecule has 86 valence electrons. The molecule has 1 aliphatic heterocycles. The number of carbonyl (C=O) groups is 2. The molecule has 1 aliphatic rings. The summed E-state index contributed by atoms with van der Waals surface area (Å²) in [6.45, 7) is 2.84. The van der Waals surface area contributed by atoms with Gasteiger partial charge in [0.1, 0.15) is 0 Å². The highest BCUT2D eigenvalue weighted by atomic mass is 16.7. The minimum atomic E-state index is -0.439. The summed E-state index contributed by atoms with van der Waals surface area (Å²) >= 11 is 0. The second-order valence-corrected chi connectivity index (χ2v) is 3.79. The Morgan fingerprint density at radius 1 is 1.27 bits per heavy atom. The molecule has 5 nitrogen and oxygen atoms in total. The van der Waals surface area contributed by atoms with Gasteiger partial charge in [0.25, 0.3) is 0 Å². The van der Waals surface area contributed by atoms with Crippen LogP contribution in [-0.4, -0.2) is 43.8 Å². The van der Waals surface area contributed by atoms with Crippen LogP contribution in [0.5, 0.6) is 0 Å². The number of hydrogen-bond acceptors (Lipinski definition) is 5. The van der Waals surface area contributed by atoms with Crippen molar-refractivity contribution in [3.8, 4) is 0 Å². The molecule has 1 fully saturated rings. The maximum absolute atomic E-state index is 11.5. The number of ether oxygens (including phenoxy) is 2. The van der Waals surface area contributed by atoms with E-state index in [0.717, 1.165) is 25.9 Å². The molecule has 0 unspecified atom stereocenters. The lowest BCUT2D eigenvalue weighted by atomic mass is 9.97. The number of rotatable bonds is 3. The number of hydrogen-bond donors (Lipinski definition) is 0. The first kappa shape index (κ1) is 12.0. The molecule has 0 atom stereocenters. The van der Waals surface area contributed by atoms with Crippen molar-refractivity contribution < 1.29 is 19.1 Å². The van der Waals surface area contributed by atoms with E-state index < -0.39 is 5.97 Å². The fourth-order valence-corrected chi connectivity index (χ4v) is 1.53. The van der Waals surface area contributed by atoms with Crippen LogP contribution in [0.2, 0.25) is 0 Å². The van der Waals surface area contributed by atoms with Crippen LogP contribution in [0.4, 0.5) is 0 Å². The zero-order valence-corrected chi connectivity index (χ0v) is 9.19. The van der Waals surface area contributed by atoms with Crippen LogP contribution in [0.1, 0.15) is 19.8 Å². The molecule has 0 aromatic rings. The average Bonchev–Trinajstić information content (AvgIpc) is 2.18. The molecule has 0 saturated carbocycles. The first-order chi connectivity index (χ1) is 7.09. The van der Waals surface area contributed by atoms with Crippen molar-refractivity contribution in [1.29, 1.82) is 0 Å². The highest BCUT2D eigenvalue weighted by Crippen LogP contribution is 2.17. The standard InChI is InChI=1S/C10H17NO4/c1-8(12)14-7-15-10(13)9-3-5-11(2)6-4-9/h9H,3-7H2,1-2H3. The van der Waals surface area contributed by atoms with E-state index in [-0.39, 0.29) is 18.7 Å². The molecule has 0 bridgehead atoms. The molecule has 0 aromatic carbocycles. The van der Waals surface area contributed by atoms with Gasteiger partial charge in [-0.3, -0.25) is 9.59 Å². The Balaban J connectivity index is 2.19. The van der Waals surface area contributed by atoms with Crippen LogP contribution in [0.3, 0.4) is 0 Å². The van der Waals surface area contributed by atoms with E-state index in [1.54, 1.807) is 0 Å². The van der Waals surface area contributed by atoms with Gasteiger partial charge < -0.3 is 14.4 Å². The predicted molar refractivity (Wildman–Crippen MR) is 52.9 cm³/mol. The first-order valence-electron chi connectivity index (χ1n) is 5.08. The van der Waals surface area contributed by atoms with E-state index in [1.807, 2.05) is 7.05 Å². The Labute approximate surface area is 89.3 Å². The predicted octanol–water partition coefficient (Wildman–Crippen LogP) is 0.392. The molecule has 0 aromatic heterocycles. The van der Waals surface area contributed by atoms with E-state index in [0.29, 0.717) is 0 Å². The van der Waals surface area contributed by atoms with Gasteiger partial charge in [0.2, 0.25) is 6.79 Å². The van der Waals surface area contributed by atoms with Crippen molar-refractivity contribution in [2.24, 2.45) is 5.92 Å². The largest absolute Gasteiger partial charge is 0.428 e. The Hall–Kier alpha value is -1.10. The topological polar surface area (TPSA) is 55.8 Å². The van der Waals surface area contributed by atoms with Gasteiger partial charge >= 0.3 is 11.9 Å². The number of esters is 2. The van der Waals surface area contributed by atoms with Crippen LogP contribution in [0.15, 0.2) is 0 Å². The molecule has 15 heavy (non-hydrogen) atoms. The van der Waals surface area contributed by atoms with Crippen LogP contribution in [-0.2, 0) is 19.1 Å². The monoisotopic (exact) mass is 215 g/mol. The van der Waals surface area contributed by atoms with Crippen LogP contribution in [0.25, 0.3) is 0 Å². The summed E-state index contributed by atoms with van der Waals surface area (Å²) in [6, 6.07) is 0. The molecule has 0 radical (unpaired) electrons. The molecule has 1 saturated heterocycles. The molecule has 0 N–H and O–H groups in total. The molecule has 5 heteroatoms. The van der Waals surface area contributed by atoms with Gasteiger partial charge in [0.05, 0.1) is 5.92 Å². The van der Waals surface area contributed by atoms with Gasteiger partial charge in [0, 0.05) is 6.92 Å². The Morgan fingerprint density at radius 2 is 1.87 bits per heavy atom. The van der Waals surface area contributed by atoms with E-state index in [4.69, 9.17) is 4.74 Å². The fourth-order valence-electron chi connectivity index (χ4n) is 1.53. The van der Waals surface area contributed by atoms with E-state index in [9.17, 15) is 9.59 Å². The molecular formula is C10H17NO4. The lowest BCUT2D eigenvalue weighted by Crippen LogP contribution is -2.34. The first-order valence-corrected chi connectivity index (χ1v) is 5.08. The molecule has 1 rings (SSSR count). The summed E-state index contributed by atoms with van der Waals surface area (Å²) in [5, 5.41) is 0. The third-order valence-corrected chi connectivity index (χ3v) is 2.52. The zero-order valence-electron chi connectivity index (χ0n) is 9.19. The van der Waals surface area contributed by atoms with Crippen molar-refractivity contribution in [3.05, 3.63) is 0 Å². The summed E-state index contributed by atoms with van der Waals surface area (Å²) in [5.74, 6) is -0.743. The normalized spacial score (nSPS) is 18.5. The Morgan fingerprint density at radius 3 is 2.40 bits per heavy atom. The number of nitrogens with zero attached hydrogens (tertiary/aromatic N) is 1. The van der Waals surface area contributed by atoms with Gasteiger partial charge in [0.15, 0.2) is 0 Å². The molecular weight excluding hydrogens is 198 g/mol. The van der Waals surface area contributed by atoms with Crippen molar-refractivity contribution >= 4 is 11.9 Å². The Bertz CT molecular complexity index is 234. The zero-order chi connectivity index (χ0) is 11.3. The van der Waals surface area contributed by atoms with Crippen molar-refractivity contribution in [3.63, 3.8) is 0 Å². The van der Waals surface area contributed by atoms with Gasteiger partial charge in [-0.05, 0) is 33.0 Å². The molecule has 1 heterocycles. The number of carbonyl (C=O) groups excluding carboxylic acids is 2. The van der Waals surface area contributed by atoms with E-state index >= 15 is 0 Å². The fraction of sp³-hybridized carbons (Fsp3) is 0.800. The number of likely N-dealkylation sites (tertiary alicyclic amines) is 1. The van der Waals surface area contributed by atoms with Gasteiger partial charge in [-0.25, -0.2) is 0 Å². The quantitative estimate of drug-likeness (QED) is 0.503. The van der Waals surface area contributed by atoms with Crippen LogP contribution >= 0.6 is 0 Å².